The summed E-state index contributed by atoms with van der Waals surface area (Å²) in [6.45, 7) is 33.0. The Bertz CT molecular complexity index is 2880. The number of hydrogen-bond acceptors (Lipinski definition) is 8. The van der Waals surface area contributed by atoms with Crippen molar-refractivity contribution in [1.82, 2.24) is 9.80 Å². The van der Waals surface area contributed by atoms with Crippen LogP contribution in [0.4, 0.5) is 0 Å². The average molecular weight is 1250 g/mol. The van der Waals surface area contributed by atoms with E-state index in [1.54, 1.807) is 29.8 Å². The van der Waals surface area contributed by atoms with Gasteiger partial charge in [-0.3, -0.25) is 14.4 Å². The summed E-state index contributed by atoms with van der Waals surface area (Å²) in [5, 5.41) is 2.18. The molecule has 3 unspecified atom stereocenters. The number of carbonyl (C=O) groups excluding carboxylic acids is 3. The van der Waals surface area contributed by atoms with Crippen LogP contribution in [0.2, 0.25) is 0 Å². The predicted octanol–water partition coefficient (Wildman–Crippen LogP) is 23.7. The topological polar surface area (TPSA) is 93.2 Å². The lowest BCUT2D eigenvalue weighted by Crippen LogP contribution is -2.34. The fourth-order valence-corrected chi connectivity index (χ4v) is 14.8. The zero-order valence-electron chi connectivity index (χ0n) is 57.7. The number of ether oxygens (including phenoxy) is 1. The summed E-state index contributed by atoms with van der Waals surface area (Å²) in [5.74, 6) is 2.95. The molecular formula is C76H121N2O6PS2. The van der Waals surface area contributed by atoms with E-state index in [0.29, 0.717) is 58.8 Å². The molecule has 5 aromatic rings. The van der Waals surface area contributed by atoms with Crippen LogP contribution in [-0.2, 0) is 31.6 Å². The molecule has 3 atom stereocenters. The van der Waals surface area contributed by atoms with E-state index >= 15 is 9.59 Å². The van der Waals surface area contributed by atoms with Crippen LogP contribution >= 0.6 is 32.6 Å². The number of furan rings is 2. The van der Waals surface area contributed by atoms with Gasteiger partial charge < -0.3 is 23.4 Å². The average Bonchev–Trinajstić information content (AvgIpc) is 1.61. The summed E-state index contributed by atoms with van der Waals surface area (Å²) in [7, 11) is 1.75. The first-order valence-electron chi connectivity index (χ1n) is 34.7. The summed E-state index contributed by atoms with van der Waals surface area (Å²) in [6, 6.07) is 12.5. The molecule has 2 aliphatic rings. The van der Waals surface area contributed by atoms with Gasteiger partial charge in [0.1, 0.15) is 22.9 Å². The summed E-state index contributed by atoms with van der Waals surface area (Å²) in [4.78, 5) is 50.6. The third-order valence-electron chi connectivity index (χ3n) is 17.5. The van der Waals surface area contributed by atoms with Gasteiger partial charge in [0.05, 0.1) is 25.4 Å². The zero-order valence-corrected chi connectivity index (χ0v) is 60.7. The van der Waals surface area contributed by atoms with E-state index in [9.17, 15) is 4.79 Å². The molecule has 2 aliphatic heterocycles. The number of benzene rings is 1. The van der Waals surface area contributed by atoms with Crippen molar-refractivity contribution >= 4 is 82.2 Å². The molecule has 87 heavy (non-hydrogen) atoms. The van der Waals surface area contributed by atoms with Crippen molar-refractivity contribution in [3.63, 3.8) is 0 Å². The predicted molar refractivity (Wildman–Crippen MR) is 382 cm³/mol. The Morgan fingerprint density at radius 3 is 1.40 bits per heavy atom. The molecule has 8 nitrogen and oxygen atoms in total. The van der Waals surface area contributed by atoms with E-state index in [2.05, 4.69) is 109 Å². The molecule has 0 radical (unpaired) electrons. The molecule has 1 aromatic carbocycles. The monoisotopic (exact) mass is 1250 g/mol. The molecule has 0 spiro atoms. The first kappa shape index (κ1) is 75.6. The number of aldehydes is 1. The maximum atomic E-state index is 15.7. The minimum atomic E-state index is -0.258. The van der Waals surface area contributed by atoms with Crippen molar-refractivity contribution in [3.8, 4) is 10.6 Å². The maximum absolute atomic E-state index is 15.7. The Morgan fingerprint density at radius 2 is 0.943 bits per heavy atom. The van der Waals surface area contributed by atoms with Crippen molar-refractivity contribution in [2.45, 2.75) is 294 Å². The second-order valence-corrected chi connectivity index (χ2v) is 29.2. The van der Waals surface area contributed by atoms with Gasteiger partial charge in [-0.15, -0.1) is 22.7 Å². The van der Waals surface area contributed by atoms with Gasteiger partial charge >= 0.3 is 0 Å². The Morgan fingerprint density at radius 1 is 0.506 bits per heavy atom. The van der Waals surface area contributed by atoms with E-state index in [1.807, 2.05) is 34.1 Å². The van der Waals surface area contributed by atoms with E-state index in [1.165, 1.54) is 106 Å². The van der Waals surface area contributed by atoms with Crippen LogP contribution in [-0.4, -0.2) is 54.7 Å². The number of fused-ring (bicyclic) bond motifs is 4. The van der Waals surface area contributed by atoms with Crippen molar-refractivity contribution in [3.05, 3.63) is 80.8 Å². The molecule has 11 heteroatoms. The fraction of sp³-hybridized carbons (Fsp3) is 0.671. The lowest BCUT2D eigenvalue weighted by atomic mass is 9.92. The second kappa shape index (κ2) is 38.8. The summed E-state index contributed by atoms with van der Waals surface area (Å²) in [6.07, 6.45) is 35.1. The molecular weight excluding hydrogens is 1130 g/mol. The highest BCUT2D eigenvalue weighted by Gasteiger charge is 2.51. The fourth-order valence-electron chi connectivity index (χ4n) is 12.2. The first-order valence-corrected chi connectivity index (χ1v) is 36.4. The van der Waals surface area contributed by atoms with E-state index in [4.69, 9.17) is 13.6 Å². The number of nitrogens with zero attached hydrogens (tertiary/aromatic N) is 2. The number of amides is 2. The Labute approximate surface area is 540 Å². The molecule has 488 valence electrons. The van der Waals surface area contributed by atoms with Gasteiger partial charge in [0, 0.05) is 48.0 Å². The minimum absolute atomic E-state index is 0. The number of thiophene rings is 2. The van der Waals surface area contributed by atoms with Crippen LogP contribution in [0.5, 0.6) is 0 Å². The van der Waals surface area contributed by atoms with E-state index in [0.717, 1.165) is 140 Å². The van der Waals surface area contributed by atoms with Crippen LogP contribution < -0.4 is 0 Å². The number of methoxy groups -OCH3 is 1. The molecule has 6 heterocycles. The molecule has 0 fully saturated rings. The molecule has 0 saturated carbocycles. The van der Waals surface area contributed by atoms with Gasteiger partial charge in [0.2, 0.25) is 0 Å². The van der Waals surface area contributed by atoms with Gasteiger partial charge in [-0.25, -0.2) is 0 Å². The molecule has 0 N–H and O–H groups in total. The Balaban J connectivity index is 0.000000963. The molecule has 0 bridgehead atoms. The van der Waals surface area contributed by atoms with Crippen LogP contribution in [0.25, 0.3) is 42.2 Å². The van der Waals surface area contributed by atoms with Gasteiger partial charge in [-0.1, -0.05) is 238 Å². The third kappa shape index (κ3) is 21.1. The number of unbranched alkanes of at least 4 members (excludes halogenated alkanes) is 17. The minimum Gasteiger partial charge on any atom is -0.459 e. The maximum Gasteiger partial charge on any atom is 0.261 e. The normalized spacial score (nSPS) is 14.3. The van der Waals surface area contributed by atoms with Gasteiger partial charge in [0.25, 0.3) is 11.8 Å². The number of carbonyl (C=O) groups is 3. The Kier molecular flexibility index (Phi) is 33.7. The summed E-state index contributed by atoms with van der Waals surface area (Å²) < 4.78 is 21.0. The standard InChI is InChI=1S/C63H88N2O5S2.C7H16.C6H14O.H3P/c1-12-17-22-25-30-42(28-20-15-4)39-64-56(54-55(61(64)68)57(50-35-36-52(70-50)62(6,7)8)65(60(54)67)40-43(29-21-16-5)31-26-23-18-13-2)49-34-33-48(69-49)51-37-45-44(32-27-24-19-14-3)47(41-66)46-38-53(63(9,10)11)72-59(46)58(45)71-51;1-3-5-7-6-4-2;1-3-4-5-6-7-2;/h33-38,41-43H,12-32,39-40H2,1-11H3;3-7H2,1-2H3;3-6H2,1-2H3;1H3. The largest absolute Gasteiger partial charge is 0.459 e. The molecule has 2 amide bonds. The zero-order chi connectivity index (χ0) is 62.8. The number of rotatable bonds is 37. The highest BCUT2D eigenvalue weighted by atomic mass is 32.1. The molecule has 7 rings (SSSR count). The van der Waals surface area contributed by atoms with Crippen molar-refractivity contribution in [2.75, 3.05) is 26.8 Å². The van der Waals surface area contributed by atoms with Crippen molar-refractivity contribution in [2.24, 2.45) is 11.8 Å². The second-order valence-electron chi connectivity index (χ2n) is 27.1. The highest BCUT2D eigenvalue weighted by molar-refractivity contribution is 7.29. The van der Waals surface area contributed by atoms with E-state index < -0.39 is 0 Å². The van der Waals surface area contributed by atoms with Crippen LogP contribution in [0, 0.1) is 11.8 Å². The van der Waals surface area contributed by atoms with Crippen LogP contribution in [0.15, 0.2) is 56.4 Å². The van der Waals surface area contributed by atoms with E-state index in [-0.39, 0.29) is 38.5 Å². The third-order valence-corrected chi connectivity index (χ3v) is 20.4. The van der Waals surface area contributed by atoms with Crippen LogP contribution in [0.3, 0.4) is 0 Å². The lowest BCUT2D eigenvalue weighted by Gasteiger charge is -2.29. The molecule has 0 saturated heterocycles. The van der Waals surface area contributed by atoms with Crippen LogP contribution in [0.1, 0.15) is 315 Å². The van der Waals surface area contributed by atoms with Gasteiger partial charge in [-0.05, 0) is 110 Å². The summed E-state index contributed by atoms with van der Waals surface area (Å²) in [5.41, 5.74) is 3.72. The highest BCUT2D eigenvalue weighted by Crippen LogP contribution is 2.51. The SMILES string of the molecule is CCCCCCC.CCCCCCc1c(C=O)c2cc(C(C)(C)C)sc2c2sc(-c3ccc(C4=C5C(=O)N(CC(CCCC)CCCCCC)C(c6ccc(C(C)(C)C)o6)=C5C(=O)N4CC(CCCC)CCCCCC)o3)cc12.CCCCCOC.P. The molecule has 0 aliphatic carbocycles. The summed E-state index contributed by atoms with van der Waals surface area (Å²) >= 11 is 3.52. The van der Waals surface area contributed by atoms with Gasteiger partial charge in [-0.2, -0.15) is 9.90 Å². The van der Waals surface area contributed by atoms with Crippen molar-refractivity contribution < 1.29 is 28.0 Å². The van der Waals surface area contributed by atoms with Gasteiger partial charge in [0.15, 0.2) is 17.8 Å². The van der Waals surface area contributed by atoms with Crippen molar-refractivity contribution in [1.29, 1.82) is 0 Å². The quantitative estimate of drug-likeness (QED) is 0.0223. The number of aryl methyl sites for hydroxylation is 1. The smallest absolute Gasteiger partial charge is 0.261 e. The number of hydrogen-bond donors (Lipinski definition) is 0. The lowest BCUT2D eigenvalue weighted by molar-refractivity contribution is -0.124. The molecule has 4 aromatic heterocycles. The first-order chi connectivity index (χ1) is 41.4. The Hall–Kier alpha value is -3.82.